The second kappa shape index (κ2) is 10.2. The summed E-state index contributed by atoms with van der Waals surface area (Å²) in [7, 11) is -3.41. The van der Waals surface area contributed by atoms with Gasteiger partial charge in [0.05, 0.1) is 10.6 Å². The molecule has 0 spiro atoms. The molecule has 1 aliphatic rings. The first kappa shape index (κ1) is 23.2. The third-order valence-electron chi connectivity index (χ3n) is 5.10. The summed E-state index contributed by atoms with van der Waals surface area (Å²) in [5.74, 6) is -0.291. The van der Waals surface area contributed by atoms with E-state index in [0.29, 0.717) is 16.1 Å². The molecule has 30 heavy (non-hydrogen) atoms. The maximum Gasteiger partial charge on any atom is 0.251 e. The standard InChI is InChI=1S/C21H25BrClN3O3S/c1-2-30(28,29)20-6-5-18(23)11-17(20)13-25-21(27)15-3-4-16(19(22)12-15)14-26-9-7-24-8-10-26/h3-6,11-12,24H,2,7-10,13-14H2,1H3,(H,25,27). The molecule has 0 unspecified atom stereocenters. The van der Waals surface area contributed by atoms with E-state index in [1.807, 2.05) is 6.07 Å². The second-order valence-corrected chi connectivity index (χ2v) is 10.7. The molecule has 1 amide bonds. The van der Waals surface area contributed by atoms with E-state index in [1.54, 1.807) is 31.2 Å². The molecule has 0 bridgehead atoms. The molecule has 0 atom stereocenters. The van der Waals surface area contributed by atoms with Crippen molar-refractivity contribution < 1.29 is 13.2 Å². The molecule has 0 aromatic heterocycles. The summed E-state index contributed by atoms with van der Waals surface area (Å²) in [6, 6.07) is 10.2. The largest absolute Gasteiger partial charge is 0.348 e. The molecule has 1 aliphatic heterocycles. The fraction of sp³-hybridized carbons (Fsp3) is 0.381. The number of benzene rings is 2. The normalized spacial score (nSPS) is 15.2. The average molecular weight is 515 g/mol. The minimum atomic E-state index is -3.41. The number of halogens is 2. The highest BCUT2D eigenvalue weighted by Crippen LogP contribution is 2.23. The molecule has 9 heteroatoms. The van der Waals surface area contributed by atoms with Crippen LogP contribution in [0, 0.1) is 0 Å². The number of carbonyl (C=O) groups excluding carboxylic acids is 1. The Morgan fingerprint density at radius 3 is 2.57 bits per heavy atom. The van der Waals surface area contributed by atoms with Crippen molar-refractivity contribution in [3.8, 4) is 0 Å². The number of nitrogens with one attached hydrogen (secondary N) is 2. The molecule has 0 aliphatic carbocycles. The van der Waals surface area contributed by atoms with Crippen molar-refractivity contribution in [2.75, 3.05) is 31.9 Å². The summed E-state index contributed by atoms with van der Waals surface area (Å²) >= 11 is 9.61. The lowest BCUT2D eigenvalue weighted by Gasteiger charge is -2.27. The monoisotopic (exact) mass is 513 g/mol. The predicted octanol–water partition coefficient (Wildman–Crippen LogP) is 3.23. The first-order valence-corrected chi connectivity index (χ1v) is 12.6. The summed E-state index contributed by atoms with van der Waals surface area (Å²) in [6.07, 6.45) is 0. The van der Waals surface area contributed by atoms with E-state index in [9.17, 15) is 13.2 Å². The van der Waals surface area contributed by atoms with Gasteiger partial charge in [-0.3, -0.25) is 9.69 Å². The Labute approximate surface area is 191 Å². The Kier molecular flexibility index (Phi) is 7.92. The van der Waals surface area contributed by atoms with E-state index in [0.717, 1.165) is 42.8 Å². The fourth-order valence-corrected chi connectivity index (χ4v) is 5.17. The Hall–Kier alpha value is -1.45. The van der Waals surface area contributed by atoms with Crippen LogP contribution in [-0.4, -0.2) is 51.2 Å². The summed E-state index contributed by atoms with van der Waals surface area (Å²) in [6.45, 7) is 6.45. The summed E-state index contributed by atoms with van der Waals surface area (Å²) in [5, 5.41) is 6.57. The van der Waals surface area contributed by atoms with Crippen LogP contribution in [0.1, 0.15) is 28.4 Å². The van der Waals surface area contributed by atoms with Gasteiger partial charge in [-0.05, 0) is 41.5 Å². The van der Waals surface area contributed by atoms with Crippen molar-refractivity contribution in [2.24, 2.45) is 0 Å². The quantitative estimate of drug-likeness (QED) is 0.593. The zero-order chi connectivity index (χ0) is 21.7. The molecule has 162 valence electrons. The number of amides is 1. The SMILES string of the molecule is CCS(=O)(=O)c1ccc(Cl)cc1CNC(=O)c1ccc(CN2CCNCC2)c(Br)c1. The maximum atomic E-state index is 12.7. The van der Waals surface area contributed by atoms with Gasteiger partial charge in [0.2, 0.25) is 0 Å². The highest BCUT2D eigenvalue weighted by molar-refractivity contribution is 9.10. The molecule has 6 nitrogen and oxygen atoms in total. The van der Waals surface area contributed by atoms with Gasteiger partial charge in [0, 0.05) is 54.3 Å². The van der Waals surface area contributed by atoms with Crippen molar-refractivity contribution in [3.05, 3.63) is 62.6 Å². The van der Waals surface area contributed by atoms with Crippen LogP contribution in [0.25, 0.3) is 0 Å². The van der Waals surface area contributed by atoms with Crippen molar-refractivity contribution in [2.45, 2.75) is 24.9 Å². The number of hydrogen-bond acceptors (Lipinski definition) is 5. The van der Waals surface area contributed by atoms with E-state index >= 15 is 0 Å². The molecular formula is C21H25BrClN3O3S. The zero-order valence-corrected chi connectivity index (χ0v) is 19.9. The molecule has 1 heterocycles. The third-order valence-corrected chi connectivity index (χ3v) is 7.90. The van der Waals surface area contributed by atoms with E-state index in [2.05, 4.69) is 31.5 Å². The first-order valence-electron chi connectivity index (χ1n) is 9.81. The second-order valence-electron chi connectivity index (χ2n) is 7.17. The van der Waals surface area contributed by atoms with Gasteiger partial charge >= 0.3 is 0 Å². The molecule has 1 saturated heterocycles. The van der Waals surface area contributed by atoms with Gasteiger partial charge in [-0.1, -0.05) is 40.5 Å². The van der Waals surface area contributed by atoms with Crippen molar-refractivity contribution in [1.29, 1.82) is 0 Å². The van der Waals surface area contributed by atoms with Gasteiger partial charge < -0.3 is 10.6 Å². The van der Waals surface area contributed by atoms with Gasteiger partial charge in [0.15, 0.2) is 9.84 Å². The molecule has 1 fully saturated rings. The van der Waals surface area contributed by atoms with Crippen molar-refractivity contribution in [1.82, 2.24) is 15.5 Å². The number of nitrogens with zero attached hydrogens (tertiary/aromatic N) is 1. The van der Waals surface area contributed by atoms with Gasteiger partial charge in [-0.25, -0.2) is 8.42 Å². The van der Waals surface area contributed by atoms with Crippen LogP contribution >= 0.6 is 27.5 Å². The summed E-state index contributed by atoms with van der Waals surface area (Å²) in [5.41, 5.74) is 2.11. The van der Waals surface area contributed by atoms with Crippen LogP contribution in [0.2, 0.25) is 5.02 Å². The van der Waals surface area contributed by atoms with Crippen molar-refractivity contribution >= 4 is 43.3 Å². The number of sulfone groups is 1. The van der Waals surface area contributed by atoms with Gasteiger partial charge in [-0.15, -0.1) is 0 Å². The summed E-state index contributed by atoms with van der Waals surface area (Å²) in [4.78, 5) is 15.2. The van der Waals surface area contributed by atoms with Crippen LogP contribution in [0.15, 0.2) is 45.8 Å². The van der Waals surface area contributed by atoms with Crippen LogP contribution in [0.4, 0.5) is 0 Å². The van der Waals surface area contributed by atoms with E-state index < -0.39 is 9.84 Å². The van der Waals surface area contributed by atoms with Crippen LogP contribution in [0.5, 0.6) is 0 Å². The number of piperazine rings is 1. The highest BCUT2D eigenvalue weighted by atomic mass is 79.9. The highest BCUT2D eigenvalue weighted by Gasteiger charge is 2.18. The fourth-order valence-electron chi connectivity index (χ4n) is 3.35. The lowest BCUT2D eigenvalue weighted by atomic mass is 10.1. The molecule has 0 radical (unpaired) electrons. The zero-order valence-electron chi connectivity index (χ0n) is 16.7. The van der Waals surface area contributed by atoms with E-state index in [4.69, 9.17) is 11.6 Å². The average Bonchev–Trinajstić information content (AvgIpc) is 2.74. The van der Waals surface area contributed by atoms with Gasteiger partial charge in [0.25, 0.3) is 5.91 Å². The van der Waals surface area contributed by atoms with Gasteiger partial charge in [0.1, 0.15) is 0 Å². The molecular weight excluding hydrogens is 490 g/mol. The molecule has 3 rings (SSSR count). The lowest BCUT2D eigenvalue weighted by molar-refractivity contribution is 0.0950. The first-order chi connectivity index (χ1) is 14.3. The Bertz CT molecular complexity index is 1020. The predicted molar refractivity (Wildman–Crippen MR) is 123 cm³/mol. The minimum Gasteiger partial charge on any atom is -0.348 e. The van der Waals surface area contributed by atoms with Crippen LogP contribution < -0.4 is 10.6 Å². The number of rotatable bonds is 7. The minimum absolute atomic E-state index is 0.0168. The lowest BCUT2D eigenvalue weighted by Crippen LogP contribution is -2.42. The van der Waals surface area contributed by atoms with Crippen LogP contribution in [0.3, 0.4) is 0 Å². The van der Waals surface area contributed by atoms with Crippen molar-refractivity contribution in [3.63, 3.8) is 0 Å². The Morgan fingerprint density at radius 1 is 1.17 bits per heavy atom. The Morgan fingerprint density at radius 2 is 1.90 bits per heavy atom. The topological polar surface area (TPSA) is 78.5 Å². The maximum absolute atomic E-state index is 12.7. The van der Waals surface area contributed by atoms with E-state index in [1.165, 1.54) is 6.07 Å². The molecule has 2 aromatic carbocycles. The Balaban J connectivity index is 1.70. The number of hydrogen-bond donors (Lipinski definition) is 2. The molecule has 2 N–H and O–H groups in total. The molecule has 0 saturated carbocycles. The molecule has 2 aromatic rings. The number of carbonyl (C=O) groups is 1. The smallest absolute Gasteiger partial charge is 0.251 e. The summed E-state index contributed by atoms with van der Waals surface area (Å²) < 4.78 is 25.5. The van der Waals surface area contributed by atoms with Crippen LogP contribution in [-0.2, 0) is 22.9 Å². The van der Waals surface area contributed by atoms with E-state index in [-0.39, 0.29) is 23.1 Å². The third kappa shape index (κ3) is 5.82. The van der Waals surface area contributed by atoms with Gasteiger partial charge in [-0.2, -0.15) is 0 Å².